The molecule has 0 unspecified atom stereocenters. The van der Waals surface area contributed by atoms with E-state index >= 15 is 0 Å². The van der Waals surface area contributed by atoms with Gasteiger partial charge in [-0.2, -0.15) is 0 Å². The molecule has 0 aliphatic carbocycles. The second-order valence-corrected chi connectivity index (χ2v) is 15.5. The average Bonchev–Trinajstić information content (AvgIpc) is 3.33. The van der Waals surface area contributed by atoms with Crippen LogP contribution in [-0.4, -0.2) is 15.0 Å². The second kappa shape index (κ2) is 13.8. The highest BCUT2D eigenvalue weighted by Crippen LogP contribution is 2.43. The van der Waals surface area contributed by atoms with Crippen molar-refractivity contribution in [2.45, 2.75) is 0 Å². The summed E-state index contributed by atoms with van der Waals surface area (Å²) in [6.07, 6.45) is 0. The Kier molecular flexibility index (Phi) is 7.85. The Morgan fingerprint density at radius 1 is 0.267 bits per heavy atom. The monoisotopic (exact) mass is 761 g/mol. The van der Waals surface area contributed by atoms with Crippen LogP contribution in [0.15, 0.2) is 212 Å². The van der Waals surface area contributed by atoms with E-state index in [1.165, 1.54) is 59.2 Å². The second-order valence-electron chi connectivity index (χ2n) is 15.5. The van der Waals surface area contributed by atoms with Gasteiger partial charge in [-0.25, -0.2) is 15.0 Å². The van der Waals surface area contributed by atoms with E-state index in [1.807, 2.05) is 0 Å². The van der Waals surface area contributed by atoms with Crippen molar-refractivity contribution < 1.29 is 0 Å². The predicted octanol–water partition coefficient (Wildman–Crippen LogP) is 15.1. The first-order chi connectivity index (χ1) is 29.7. The van der Waals surface area contributed by atoms with E-state index < -0.39 is 0 Å². The van der Waals surface area contributed by atoms with Crippen LogP contribution in [0.1, 0.15) is 0 Å². The molecular formula is C57H35N3. The van der Waals surface area contributed by atoms with Crippen LogP contribution in [-0.2, 0) is 0 Å². The lowest BCUT2D eigenvalue weighted by Gasteiger charge is -2.16. The van der Waals surface area contributed by atoms with Crippen molar-refractivity contribution in [1.29, 1.82) is 0 Å². The fraction of sp³-hybridized carbons (Fsp3) is 0. The lowest BCUT2D eigenvalue weighted by molar-refractivity contribution is 1.19. The SMILES string of the molecule is c1cc(-c2ccc(-c3nc(-c4cccc5ccccc45)cc(-c4cccc5ccccc45)n3)cc2)cc(-c2nc3ccccc3c3c4ccccc4c4ccccc4c23)c1. The van der Waals surface area contributed by atoms with Crippen LogP contribution in [0.25, 0.3) is 121 Å². The zero-order chi connectivity index (χ0) is 39.6. The molecule has 12 aromatic rings. The van der Waals surface area contributed by atoms with Gasteiger partial charge in [-0.1, -0.05) is 194 Å². The molecule has 3 nitrogen and oxygen atoms in total. The molecule has 0 saturated heterocycles. The summed E-state index contributed by atoms with van der Waals surface area (Å²) in [6.45, 7) is 0. The van der Waals surface area contributed by atoms with Gasteiger partial charge in [0.25, 0.3) is 0 Å². The molecule has 278 valence electrons. The van der Waals surface area contributed by atoms with Crippen LogP contribution in [0.3, 0.4) is 0 Å². The minimum Gasteiger partial charge on any atom is -0.247 e. The Labute approximate surface area is 346 Å². The molecule has 0 amide bonds. The Morgan fingerprint density at radius 2 is 0.733 bits per heavy atom. The molecule has 10 aromatic carbocycles. The van der Waals surface area contributed by atoms with E-state index in [-0.39, 0.29) is 0 Å². The highest BCUT2D eigenvalue weighted by molar-refractivity contribution is 6.33. The van der Waals surface area contributed by atoms with Gasteiger partial charge in [-0.05, 0) is 72.4 Å². The van der Waals surface area contributed by atoms with Gasteiger partial charge in [0.15, 0.2) is 5.82 Å². The topological polar surface area (TPSA) is 38.7 Å². The Bertz CT molecular complexity index is 3550. The zero-order valence-corrected chi connectivity index (χ0v) is 32.5. The molecule has 0 bridgehead atoms. The number of hydrogen-bond acceptors (Lipinski definition) is 3. The number of para-hydroxylation sites is 1. The van der Waals surface area contributed by atoms with Crippen LogP contribution in [0, 0.1) is 0 Å². The van der Waals surface area contributed by atoms with Gasteiger partial charge in [0, 0.05) is 38.4 Å². The molecule has 2 heterocycles. The molecule has 0 N–H and O–H groups in total. The fourth-order valence-electron chi connectivity index (χ4n) is 9.24. The van der Waals surface area contributed by atoms with Crippen LogP contribution in [0.2, 0.25) is 0 Å². The third-order valence-corrected chi connectivity index (χ3v) is 12.0. The number of fused-ring (bicyclic) bond motifs is 10. The molecule has 0 radical (unpaired) electrons. The molecule has 2 aromatic heterocycles. The minimum atomic E-state index is 0.689. The average molecular weight is 762 g/mol. The summed E-state index contributed by atoms with van der Waals surface area (Å²) < 4.78 is 0. The van der Waals surface area contributed by atoms with Crippen LogP contribution in [0.5, 0.6) is 0 Å². The smallest absolute Gasteiger partial charge is 0.160 e. The summed E-state index contributed by atoms with van der Waals surface area (Å²) in [5.74, 6) is 0.689. The molecule has 0 fully saturated rings. The van der Waals surface area contributed by atoms with Gasteiger partial charge in [0.2, 0.25) is 0 Å². The van der Waals surface area contributed by atoms with Crippen molar-refractivity contribution in [2.24, 2.45) is 0 Å². The molecule has 0 aliphatic rings. The van der Waals surface area contributed by atoms with Crippen molar-refractivity contribution in [1.82, 2.24) is 15.0 Å². The highest BCUT2D eigenvalue weighted by Gasteiger charge is 2.19. The Hall–Kier alpha value is -8.01. The normalized spacial score (nSPS) is 11.7. The number of benzene rings is 10. The van der Waals surface area contributed by atoms with Gasteiger partial charge in [-0.3, -0.25) is 0 Å². The number of pyridine rings is 1. The van der Waals surface area contributed by atoms with Crippen molar-refractivity contribution in [2.75, 3.05) is 0 Å². The van der Waals surface area contributed by atoms with Crippen molar-refractivity contribution in [3.63, 3.8) is 0 Å². The lowest BCUT2D eigenvalue weighted by Crippen LogP contribution is -1.97. The summed E-state index contributed by atoms with van der Waals surface area (Å²) >= 11 is 0. The van der Waals surface area contributed by atoms with E-state index in [0.29, 0.717) is 5.82 Å². The lowest BCUT2D eigenvalue weighted by atomic mass is 9.89. The molecule has 0 atom stereocenters. The maximum atomic E-state index is 5.41. The number of aromatic nitrogens is 3. The molecule has 0 saturated carbocycles. The summed E-state index contributed by atoms with van der Waals surface area (Å²) in [5.41, 5.74) is 10.2. The summed E-state index contributed by atoms with van der Waals surface area (Å²) in [7, 11) is 0. The standard InChI is InChI=1S/C57H35N3/c1-3-20-42-37(14-1)16-12-27-46(42)52-35-53(47-28-13-17-38-15-2-4-21-43(38)47)60-57(59-52)39-32-30-36(31-33-39)40-18-11-19-41(34-40)56-55-49-25-8-6-23-45(49)44-22-5-7-24-48(44)54(55)50-26-9-10-29-51(50)58-56/h1-35H. The Balaban J connectivity index is 1.00. The van der Waals surface area contributed by atoms with Crippen LogP contribution in [0.4, 0.5) is 0 Å². The molecule has 3 heteroatoms. The number of nitrogens with zero attached hydrogens (tertiary/aromatic N) is 3. The zero-order valence-electron chi connectivity index (χ0n) is 32.5. The van der Waals surface area contributed by atoms with Crippen molar-refractivity contribution in [3.8, 4) is 56.3 Å². The molecule has 60 heavy (non-hydrogen) atoms. The van der Waals surface area contributed by atoms with Gasteiger partial charge in [0.1, 0.15) is 0 Å². The first-order valence-electron chi connectivity index (χ1n) is 20.4. The van der Waals surface area contributed by atoms with E-state index in [4.69, 9.17) is 15.0 Å². The van der Waals surface area contributed by atoms with Gasteiger partial charge in [-0.15, -0.1) is 0 Å². The number of hydrogen-bond donors (Lipinski definition) is 0. The van der Waals surface area contributed by atoms with E-state index in [0.717, 1.165) is 56.0 Å². The molecular weight excluding hydrogens is 727 g/mol. The number of rotatable bonds is 5. The van der Waals surface area contributed by atoms with E-state index in [9.17, 15) is 0 Å². The summed E-state index contributed by atoms with van der Waals surface area (Å²) in [5, 5.41) is 13.2. The van der Waals surface area contributed by atoms with E-state index in [2.05, 4.69) is 212 Å². The third kappa shape index (κ3) is 5.55. The van der Waals surface area contributed by atoms with Gasteiger partial charge in [0.05, 0.1) is 22.6 Å². The first kappa shape index (κ1) is 34.1. The largest absolute Gasteiger partial charge is 0.247 e. The summed E-state index contributed by atoms with van der Waals surface area (Å²) in [6, 6.07) is 75.6. The van der Waals surface area contributed by atoms with Crippen molar-refractivity contribution in [3.05, 3.63) is 212 Å². The van der Waals surface area contributed by atoms with Crippen LogP contribution >= 0.6 is 0 Å². The first-order valence-corrected chi connectivity index (χ1v) is 20.4. The third-order valence-electron chi connectivity index (χ3n) is 12.0. The quantitative estimate of drug-likeness (QED) is 0.164. The Morgan fingerprint density at radius 3 is 1.37 bits per heavy atom. The molecule has 0 aliphatic heterocycles. The maximum Gasteiger partial charge on any atom is 0.160 e. The summed E-state index contributed by atoms with van der Waals surface area (Å²) in [4.78, 5) is 15.9. The van der Waals surface area contributed by atoms with Gasteiger partial charge >= 0.3 is 0 Å². The van der Waals surface area contributed by atoms with Gasteiger partial charge < -0.3 is 0 Å². The fourth-order valence-corrected chi connectivity index (χ4v) is 9.24. The predicted molar refractivity (Wildman–Crippen MR) is 252 cm³/mol. The van der Waals surface area contributed by atoms with Crippen LogP contribution < -0.4 is 0 Å². The molecule has 0 spiro atoms. The highest BCUT2D eigenvalue weighted by atomic mass is 14.9. The minimum absolute atomic E-state index is 0.689. The van der Waals surface area contributed by atoms with E-state index in [1.54, 1.807) is 0 Å². The maximum absolute atomic E-state index is 5.41. The molecule has 12 rings (SSSR count). The van der Waals surface area contributed by atoms with Crippen molar-refractivity contribution >= 4 is 64.8 Å².